The van der Waals surface area contributed by atoms with Crippen molar-refractivity contribution in [3.05, 3.63) is 71.4 Å². The Morgan fingerprint density at radius 3 is 2.55 bits per heavy atom. The van der Waals surface area contributed by atoms with E-state index in [0.717, 1.165) is 44.6 Å². The van der Waals surface area contributed by atoms with Crippen LogP contribution in [-0.2, 0) is 6.42 Å². The van der Waals surface area contributed by atoms with Crippen LogP contribution in [0.15, 0.2) is 59.2 Å². The second-order valence-electron chi connectivity index (χ2n) is 8.18. The highest BCUT2D eigenvalue weighted by atomic mass is 16.6. The second-order valence-corrected chi connectivity index (χ2v) is 8.18. The Kier molecular flexibility index (Phi) is 7.92. The lowest BCUT2D eigenvalue weighted by molar-refractivity contribution is 0.0945. The smallest absolute Gasteiger partial charge is 0.278 e. The molecule has 1 aliphatic rings. The molecule has 0 atom stereocenters. The van der Waals surface area contributed by atoms with Gasteiger partial charge in [-0.1, -0.05) is 35.5 Å². The predicted octanol–water partition coefficient (Wildman–Crippen LogP) is 3.27. The molecule has 1 amide bonds. The summed E-state index contributed by atoms with van der Waals surface area (Å²) in [5.41, 5.74) is 2.54. The largest absolute Gasteiger partial charge is 0.490 e. The summed E-state index contributed by atoms with van der Waals surface area (Å²) in [5, 5.41) is 10.1. The molecule has 2 aromatic carbocycles. The third kappa shape index (κ3) is 6.79. The molecule has 8 nitrogen and oxygen atoms in total. The molecular formula is C25H30N4O4. The van der Waals surface area contributed by atoms with E-state index >= 15 is 0 Å². The minimum atomic E-state index is -0.160. The zero-order valence-electron chi connectivity index (χ0n) is 18.9. The van der Waals surface area contributed by atoms with E-state index in [0.29, 0.717) is 23.7 Å². The Labute approximate surface area is 193 Å². The van der Waals surface area contributed by atoms with E-state index in [1.807, 2.05) is 12.1 Å². The van der Waals surface area contributed by atoms with Gasteiger partial charge in [-0.25, -0.2) is 4.63 Å². The van der Waals surface area contributed by atoms with Crippen LogP contribution < -0.4 is 14.8 Å². The van der Waals surface area contributed by atoms with Crippen molar-refractivity contribution in [2.75, 3.05) is 32.8 Å². The van der Waals surface area contributed by atoms with Gasteiger partial charge in [-0.3, -0.25) is 4.79 Å². The number of hydrogen-bond acceptors (Lipinski definition) is 7. The number of carbonyl (C=O) groups is 1. The molecule has 1 N–H and O–H groups in total. The Morgan fingerprint density at radius 1 is 1.09 bits per heavy atom. The molecule has 0 saturated carbocycles. The highest BCUT2D eigenvalue weighted by molar-refractivity contribution is 5.94. The van der Waals surface area contributed by atoms with Crippen molar-refractivity contribution < 1.29 is 18.9 Å². The summed E-state index contributed by atoms with van der Waals surface area (Å²) in [4.78, 5) is 14.8. The minimum Gasteiger partial charge on any atom is -0.490 e. The summed E-state index contributed by atoms with van der Waals surface area (Å²) < 4.78 is 16.1. The van der Waals surface area contributed by atoms with Gasteiger partial charge in [0.15, 0.2) is 0 Å². The molecule has 0 radical (unpaired) electrons. The van der Waals surface area contributed by atoms with Gasteiger partial charge in [0.05, 0.1) is 6.54 Å². The van der Waals surface area contributed by atoms with E-state index in [1.165, 1.54) is 5.56 Å². The molecule has 2 heterocycles. The van der Waals surface area contributed by atoms with Gasteiger partial charge in [-0.2, -0.15) is 0 Å². The molecule has 1 aliphatic heterocycles. The first-order valence-electron chi connectivity index (χ1n) is 11.4. The molecule has 4 rings (SSSR count). The van der Waals surface area contributed by atoms with Crippen LogP contribution in [0.4, 0.5) is 0 Å². The number of amides is 1. The molecule has 1 aromatic heterocycles. The van der Waals surface area contributed by atoms with Gasteiger partial charge >= 0.3 is 0 Å². The Hall–Kier alpha value is -3.39. The summed E-state index contributed by atoms with van der Waals surface area (Å²) in [6.45, 7) is 5.55. The second kappa shape index (κ2) is 11.5. The van der Waals surface area contributed by atoms with Gasteiger partial charge in [0, 0.05) is 25.2 Å². The molecule has 0 aliphatic carbocycles. The number of likely N-dealkylation sites (tertiary alicyclic amines) is 1. The number of benzene rings is 2. The first kappa shape index (κ1) is 22.8. The predicted molar refractivity (Wildman–Crippen MR) is 124 cm³/mol. The van der Waals surface area contributed by atoms with Crippen LogP contribution in [0.25, 0.3) is 0 Å². The van der Waals surface area contributed by atoms with Gasteiger partial charge in [0.1, 0.15) is 24.2 Å². The molecule has 3 aromatic rings. The van der Waals surface area contributed by atoms with Crippen molar-refractivity contribution in [1.82, 2.24) is 20.5 Å². The molecule has 1 saturated heterocycles. The van der Waals surface area contributed by atoms with E-state index in [4.69, 9.17) is 9.47 Å². The van der Waals surface area contributed by atoms with E-state index in [-0.39, 0.29) is 18.6 Å². The zero-order valence-corrected chi connectivity index (χ0v) is 18.9. The molecule has 0 unspecified atom stereocenters. The van der Waals surface area contributed by atoms with Crippen LogP contribution in [0.5, 0.6) is 11.6 Å². The molecule has 0 bridgehead atoms. The average Bonchev–Trinajstić information content (AvgIpc) is 3.27. The Balaban J connectivity index is 1.14. The summed E-state index contributed by atoms with van der Waals surface area (Å²) in [7, 11) is 0. The monoisotopic (exact) mass is 450 g/mol. The first-order chi connectivity index (χ1) is 16.2. The van der Waals surface area contributed by atoms with Crippen LogP contribution >= 0.6 is 0 Å². The fourth-order valence-electron chi connectivity index (χ4n) is 3.83. The number of aromatic nitrogens is 2. The first-order valence-corrected chi connectivity index (χ1v) is 11.4. The van der Waals surface area contributed by atoms with Crippen molar-refractivity contribution in [2.24, 2.45) is 0 Å². The lowest BCUT2D eigenvalue weighted by Crippen LogP contribution is -2.39. The zero-order chi connectivity index (χ0) is 22.9. The number of nitrogens with one attached hydrogen (secondary N) is 1. The third-order valence-electron chi connectivity index (χ3n) is 5.75. The summed E-state index contributed by atoms with van der Waals surface area (Å²) in [6.07, 6.45) is 3.32. The third-order valence-corrected chi connectivity index (χ3v) is 5.75. The molecule has 1 fully saturated rings. The van der Waals surface area contributed by atoms with Crippen LogP contribution in [-0.4, -0.2) is 60.0 Å². The summed E-state index contributed by atoms with van der Waals surface area (Å²) in [6, 6.07) is 17.9. The number of nitrogens with zero attached hydrogens (tertiary/aromatic N) is 3. The summed E-state index contributed by atoms with van der Waals surface area (Å²) >= 11 is 0. The maximum Gasteiger partial charge on any atom is 0.278 e. The SMILES string of the molecule is Cc1nonc1OCCNC(=O)c1ccc(OC2CCN(CCc3ccccc3)CC2)cc1. The van der Waals surface area contributed by atoms with Crippen LogP contribution in [0, 0.1) is 6.92 Å². The maximum atomic E-state index is 12.3. The minimum absolute atomic E-state index is 0.160. The molecule has 0 spiro atoms. The number of ether oxygens (including phenoxy) is 2. The lowest BCUT2D eigenvalue weighted by atomic mass is 10.1. The molecule has 174 valence electrons. The number of carbonyl (C=O) groups excluding carboxylic acids is 1. The van der Waals surface area contributed by atoms with Crippen LogP contribution in [0.1, 0.15) is 34.5 Å². The standard InChI is InChI=1S/C25H30N4O4/c1-19-25(28-33-27-19)31-18-14-26-24(30)21-7-9-22(10-8-21)32-23-12-16-29(17-13-23)15-11-20-5-3-2-4-6-20/h2-10,23H,11-18H2,1H3,(H,26,30). The Morgan fingerprint density at radius 2 is 1.85 bits per heavy atom. The van der Waals surface area contributed by atoms with Gasteiger partial charge < -0.3 is 19.7 Å². The van der Waals surface area contributed by atoms with Gasteiger partial charge in [0.25, 0.3) is 11.8 Å². The van der Waals surface area contributed by atoms with Gasteiger partial charge in [-0.15, -0.1) is 0 Å². The van der Waals surface area contributed by atoms with Crippen molar-refractivity contribution in [2.45, 2.75) is 32.3 Å². The van der Waals surface area contributed by atoms with Gasteiger partial charge in [0.2, 0.25) is 0 Å². The lowest BCUT2D eigenvalue weighted by Gasteiger charge is -2.32. The van der Waals surface area contributed by atoms with E-state index < -0.39 is 0 Å². The fourth-order valence-corrected chi connectivity index (χ4v) is 3.83. The van der Waals surface area contributed by atoms with E-state index in [1.54, 1.807) is 19.1 Å². The van der Waals surface area contributed by atoms with Gasteiger partial charge in [-0.05, 0) is 61.2 Å². The van der Waals surface area contributed by atoms with E-state index in [9.17, 15) is 4.79 Å². The van der Waals surface area contributed by atoms with Crippen LogP contribution in [0.2, 0.25) is 0 Å². The number of piperidine rings is 1. The van der Waals surface area contributed by atoms with Crippen molar-refractivity contribution in [1.29, 1.82) is 0 Å². The number of aryl methyl sites for hydroxylation is 1. The van der Waals surface area contributed by atoms with E-state index in [2.05, 4.69) is 55.5 Å². The normalized spacial score (nSPS) is 14.7. The number of rotatable bonds is 10. The molecule has 8 heteroatoms. The van der Waals surface area contributed by atoms with Crippen molar-refractivity contribution in [3.8, 4) is 11.6 Å². The molecule has 33 heavy (non-hydrogen) atoms. The topological polar surface area (TPSA) is 89.7 Å². The molecular weight excluding hydrogens is 420 g/mol. The average molecular weight is 451 g/mol. The van der Waals surface area contributed by atoms with Crippen LogP contribution in [0.3, 0.4) is 0 Å². The highest BCUT2D eigenvalue weighted by Gasteiger charge is 2.20. The highest BCUT2D eigenvalue weighted by Crippen LogP contribution is 2.20. The Bertz CT molecular complexity index is 999. The number of hydrogen-bond donors (Lipinski definition) is 1. The van der Waals surface area contributed by atoms with Crippen molar-refractivity contribution in [3.63, 3.8) is 0 Å². The summed E-state index contributed by atoms with van der Waals surface area (Å²) in [5.74, 6) is 0.978. The maximum absolute atomic E-state index is 12.3. The fraction of sp³-hybridized carbons (Fsp3) is 0.400. The van der Waals surface area contributed by atoms with Crippen molar-refractivity contribution >= 4 is 5.91 Å². The quantitative estimate of drug-likeness (QED) is 0.474.